The first kappa shape index (κ1) is 74.3. The Hall–Kier alpha value is -1.73. The van der Waals surface area contributed by atoms with Gasteiger partial charge in [0, 0.05) is 20.3 Å². The summed E-state index contributed by atoms with van der Waals surface area (Å²) in [5.74, 6) is -0.580. The van der Waals surface area contributed by atoms with E-state index >= 15 is 0 Å². The highest BCUT2D eigenvalue weighted by Crippen LogP contribution is 2.16. The third kappa shape index (κ3) is 52.9. The van der Waals surface area contributed by atoms with Crippen molar-refractivity contribution in [2.45, 2.75) is 224 Å². The minimum absolute atomic E-state index is 0.0682. The van der Waals surface area contributed by atoms with Gasteiger partial charge in [0.25, 0.3) is 0 Å². The molecule has 76 heavy (non-hydrogen) atoms. The van der Waals surface area contributed by atoms with E-state index in [1.807, 2.05) is 0 Å². The maximum atomic E-state index is 14.0. The smallest absolute Gasteiger partial charge is 0.379 e. The molecule has 0 rings (SSSR count). The summed E-state index contributed by atoms with van der Waals surface area (Å²) in [4.78, 5) is 15.1. The number of carbonyl (C=O) groups is 1. The van der Waals surface area contributed by atoms with E-state index in [-0.39, 0.29) is 13.0 Å². The second-order valence-electron chi connectivity index (χ2n) is 19.1. The average molecular weight is 1180 g/mol. The Morgan fingerprint density at radius 2 is 0.697 bits per heavy atom. The van der Waals surface area contributed by atoms with Gasteiger partial charge in [-0.1, -0.05) is 154 Å². The van der Waals surface area contributed by atoms with Crippen LogP contribution in [0.3, 0.4) is 0 Å². The predicted octanol–water partition coefficient (Wildman–Crippen LogP) is 9.73. The first-order valence-corrected chi connectivity index (χ1v) is 33.0. The van der Waals surface area contributed by atoms with E-state index in [4.69, 9.17) is 37.2 Å². The molecule has 0 aromatic heterocycles. The van der Waals surface area contributed by atoms with Crippen LogP contribution in [0.1, 0.15) is 200 Å². The summed E-state index contributed by atoms with van der Waals surface area (Å²) in [5.41, 5.74) is 0. The SMILES string of the molecule is CCCCCCCC/C=C\CCCCCCCCOCC(CC(=O)N(C)C(COC(COS(=O)(=O)O)COS(=O)(=O)O)COC(COS(=O)(=O)O)COS(=O)(=O)O)OCCCCCCCC/C=C\CCCCCCCC. The molecule has 0 aromatic rings. The highest BCUT2D eigenvalue weighted by atomic mass is 32.3. The van der Waals surface area contributed by atoms with Crippen molar-refractivity contribution >= 4 is 47.5 Å². The van der Waals surface area contributed by atoms with E-state index in [2.05, 4.69) is 54.9 Å². The number of carbonyl (C=O) groups excluding carboxylic acids is 1. The standard InChI is InChI=1S/C50H97NO21S4/c1-4-6-8-10-12-14-16-18-20-22-24-26-28-30-32-34-36-65-41-47(66-37-35-33-31-29-27-25-23-21-19-17-15-13-11-9-7-5-2)38-50(52)51(3)46(39-67-48(42-69-73(53,54)55)43-70-74(56,57)58)40-68-49(44-71-75(59,60)61)45-72-76(62,63)64/h18-21,46-49H,4-17,22-45H2,1-3H3,(H,53,54,55)(H,56,57,58)(H,59,60,61)(H,62,63,64)/b20-18-,21-19-. The third-order valence-electron chi connectivity index (χ3n) is 12.1. The molecule has 0 fully saturated rings. The molecule has 0 aliphatic heterocycles. The van der Waals surface area contributed by atoms with Crippen molar-refractivity contribution in [1.82, 2.24) is 4.90 Å². The van der Waals surface area contributed by atoms with Crippen LogP contribution in [0.2, 0.25) is 0 Å². The predicted molar refractivity (Wildman–Crippen MR) is 290 cm³/mol. The Morgan fingerprint density at radius 3 is 1.03 bits per heavy atom. The topological polar surface area (TPSA) is 312 Å². The summed E-state index contributed by atoms with van der Waals surface area (Å²) in [6.45, 7) is -0.222. The molecule has 1 atom stereocenters. The average Bonchev–Trinajstić information content (AvgIpc) is 3.34. The fourth-order valence-corrected chi connectivity index (χ4v) is 8.97. The Bertz CT molecular complexity index is 1770. The summed E-state index contributed by atoms with van der Waals surface area (Å²) < 4.78 is 168. The second kappa shape index (κ2) is 47.0. The first-order chi connectivity index (χ1) is 36.0. The molecule has 4 N–H and O–H groups in total. The highest BCUT2D eigenvalue weighted by Gasteiger charge is 2.29. The number of ether oxygens (including phenoxy) is 4. The van der Waals surface area contributed by atoms with Crippen LogP contribution in [0.5, 0.6) is 0 Å². The van der Waals surface area contributed by atoms with E-state index in [1.165, 1.54) is 84.1 Å². The summed E-state index contributed by atoms with van der Waals surface area (Å²) in [6, 6.07) is -1.26. The van der Waals surface area contributed by atoms with E-state index in [0.29, 0.717) is 13.2 Å². The maximum Gasteiger partial charge on any atom is 0.397 e. The number of unbranched alkanes of at least 4 members (excludes halogenated alkanes) is 24. The van der Waals surface area contributed by atoms with Gasteiger partial charge in [0.1, 0.15) is 12.2 Å². The Balaban J connectivity index is 5.74. The number of likely N-dealkylation sites (N-methyl/N-ethyl adjacent to an activating group) is 1. The molecule has 0 radical (unpaired) electrons. The number of nitrogens with zero attached hydrogens (tertiary/aromatic N) is 1. The van der Waals surface area contributed by atoms with Gasteiger partial charge in [-0.05, 0) is 64.2 Å². The Morgan fingerprint density at radius 1 is 0.395 bits per heavy atom. The highest BCUT2D eigenvalue weighted by molar-refractivity contribution is 7.81. The number of rotatable bonds is 56. The molecule has 0 aliphatic rings. The summed E-state index contributed by atoms with van der Waals surface area (Å²) in [7, 11) is -19.1. The van der Waals surface area contributed by atoms with Gasteiger partial charge in [0.15, 0.2) is 0 Å². The Labute approximate surface area is 457 Å². The first-order valence-electron chi connectivity index (χ1n) is 27.5. The molecule has 26 heteroatoms. The maximum absolute atomic E-state index is 14.0. The summed E-state index contributed by atoms with van der Waals surface area (Å²) in [5, 5.41) is 0. The normalized spacial score (nSPS) is 13.4. The van der Waals surface area contributed by atoms with Crippen LogP contribution in [-0.4, -0.2) is 154 Å². The molecule has 0 aromatic carbocycles. The van der Waals surface area contributed by atoms with Crippen LogP contribution < -0.4 is 0 Å². The molecule has 0 saturated carbocycles. The largest absolute Gasteiger partial charge is 0.397 e. The molecule has 0 heterocycles. The number of hydrogen-bond donors (Lipinski definition) is 4. The van der Waals surface area contributed by atoms with E-state index in [0.717, 1.165) is 108 Å². The minimum Gasteiger partial charge on any atom is -0.379 e. The number of hydrogen-bond acceptors (Lipinski definition) is 17. The van der Waals surface area contributed by atoms with Gasteiger partial charge in [0.05, 0.1) is 64.8 Å². The van der Waals surface area contributed by atoms with E-state index in [1.54, 1.807) is 0 Å². The zero-order valence-corrected chi connectivity index (χ0v) is 49.1. The van der Waals surface area contributed by atoms with Crippen molar-refractivity contribution in [3.63, 3.8) is 0 Å². The van der Waals surface area contributed by atoms with Gasteiger partial charge in [-0.15, -0.1) is 0 Å². The molecule has 1 amide bonds. The van der Waals surface area contributed by atoms with Crippen LogP contribution in [0.4, 0.5) is 0 Å². The van der Waals surface area contributed by atoms with Gasteiger partial charge in [-0.25, -0.2) is 16.7 Å². The van der Waals surface area contributed by atoms with Gasteiger partial charge < -0.3 is 23.8 Å². The van der Waals surface area contributed by atoms with Gasteiger partial charge in [0.2, 0.25) is 5.91 Å². The number of amides is 1. The van der Waals surface area contributed by atoms with Crippen molar-refractivity contribution in [2.75, 3.05) is 66.5 Å². The van der Waals surface area contributed by atoms with Crippen molar-refractivity contribution in [3.05, 3.63) is 24.3 Å². The zero-order valence-electron chi connectivity index (χ0n) is 45.8. The zero-order chi connectivity index (χ0) is 56.8. The molecule has 22 nitrogen and oxygen atoms in total. The summed E-state index contributed by atoms with van der Waals surface area (Å²) >= 11 is 0. The van der Waals surface area contributed by atoms with Crippen LogP contribution in [0.15, 0.2) is 24.3 Å². The molecular formula is C50H97NO21S4. The van der Waals surface area contributed by atoms with Gasteiger partial charge in [-0.3, -0.25) is 23.0 Å². The van der Waals surface area contributed by atoms with E-state index < -0.39 is 111 Å². The lowest BCUT2D eigenvalue weighted by Gasteiger charge is -2.31. The fourth-order valence-electron chi connectivity index (χ4n) is 7.68. The van der Waals surface area contributed by atoms with Gasteiger partial charge >= 0.3 is 41.6 Å². The van der Waals surface area contributed by atoms with Crippen LogP contribution >= 0.6 is 0 Å². The molecule has 0 bridgehead atoms. The molecular weight excluding hydrogens is 1080 g/mol. The monoisotopic (exact) mass is 1180 g/mol. The van der Waals surface area contributed by atoms with Crippen molar-refractivity contribution in [3.8, 4) is 0 Å². The molecule has 1 unspecified atom stereocenters. The summed E-state index contributed by atoms with van der Waals surface area (Å²) in [6.07, 6.45) is 37.1. The molecule has 0 saturated heterocycles. The lowest BCUT2D eigenvalue weighted by atomic mass is 10.1. The fraction of sp³-hybridized carbons (Fsp3) is 0.900. The van der Waals surface area contributed by atoms with E-state index in [9.17, 15) is 38.5 Å². The lowest BCUT2D eigenvalue weighted by molar-refractivity contribution is -0.142. The molecule has 0 spiro atoms. The van der Waals surface area contributed by atoms with Crippen LogP contribution in [0.25, 0.3) is 0 Å². The van der Waals surface area contributed by atoms with Crippen molar-refractivity contribution < 1.29 is 92.4 Å². The molecule has 0 aliphatic carbocycles. The second-order valence-corrected chi connectivity index (χ2v) is 23.4. The number of allylic oxidation sites excluding steroid dienone is 4. The quantitative estimate of drug-likeness (QED) is 0.0250. The lowest BCUT2D eigenvalue weighted by Crippen LogP contribution is -2.47. The van der Waals surface area contributed by atoms with Crippen LogP contribution in [-0.2, 0) is 82.1 Å². The minimum atomic E-state index is -5.10. The third-order valence-corrected chi connectivity index (χ3v) is 13.9. The van der Waals surface area contributed by atoms with Crippen molar-refractivity contribution in [1.29, 1.82) is 0 Å². The Kier molecular flexibility index (Phi) is 45.9. The van der Waals surface area contributed by atoms with Crippen LogP contribution in [0, 0.1) is 0 Å². The molecule has 452 valence electrons. The van der Waals surface area contributed by atoms with Gasteiger partial charge in [-0.2, -0.15) is 33.7 Å². The van der Waals surface area contributed by atoms with Crippen molar-refractivity contribution in [2.24, 2.45) is 0 Å².